The van der Waals surface area contributed by atoms with Crippen molar-refractivity contribution in [1.29, 1.82) is 0 Å². The molecule has 0 saturated carbocycles. The molecule has 2 aromatic rings. The van der Waals surface area contributed by atoms with E-state index in [1.807, 2.05) is 20.8 Å². The Kier molecular flexibility index (Phi) is 4.42. The number of nitrogens with one attached hydrogen (secondary N) is 1. The molecular formula is C13H18N4OS. The molecule has 0 radical (unpaired) electrons. The van der Waals surface area contributed by atoms with Gasteiger partial charge in [-0.3, -0.25) is 0 Å². The van der Waals surface area contributed by atoms with Crippen LogP contribution in [-0.4, -0.2) is 21.5 Å². The van der Waals surface area contributed by atoms with Crippen LogP contribution in [-0.2, 0) is 6.42 Å². The molecule has 2 aromatic heterocycles. The van der Waals surface area contributed by atoms with Gasteiger partial charge in [0.2, 0.25) is 0 Å². The Labute approximate surface area is 117 Å². The summed E-state index contributed by atoms with van der Waals surface area (Å²) in [6.45, 7) is 8.85. The van der Waals surface area contributed by atoms with Crippen molar-refractivity contribution >= 4 is 17.6 Å². The first-order chi connectivity index (χ1) is 9.13. The van der Waals surface area contributed by atoms with E-state index in [1.54, 1.807) is 6.26 Å². The molecule has 0 unspecified atom stereocenters. The molecule has 0 aliphatic rings. The molecule has 2 heterocycles. The fraction of sp³-hybridized carbons (Fsp3) is 0.462. The highest BCUT2D eigenvalue weighted by Gasteiger charge is 2.13. The number of hydrogen-bond acceptors (Lipinski definition) is 6. The van der Waals surface area contributed by atoms with Crippen molar-refractivity contribution in [3.63, 3.8) is 0 Å². The molecule has 0 aliphatic heterocycles. The van der Waals surface area contributed by atoms with Crippen LogP contribution in [0.2, 0.25) is 0 Å². The van der Waals surface area contributed by atoms with E-state index in [0.29, 0.717) is 5.22 Å². The minimum atomic E-state index is 0.615. The smallest absolute Gasteiger partial charge is 0.262 e. The fourth-order valence-corrected chi connectivity index (χ4v) is 2.45. The molecule has 19 heavy (non-hydrogen) atoms. The number of rotatable bonds is 5. The average Bonchev–Trinajstić information content (AvgIpc) is 2.80. The van der Waals surface area contributed by atoms with Gasteiger partial charge in [0, 0.05) is 18.5 Å². The molecule has 0 aliphatic carbocycles. The molecule has 5 nitrogen and oxygen atoms in total. The van der Waals surface area contributed by atoms with E-state index in [2.05, 4.69) is 27.2 Å². The summed E-state index contributed by atoms with van der Waals surface area (Å²) in [5, 5.41) is 4.77. The van der Waals surface area contributed by atoms with Gasteiger partial charge in [-0.2, -0.15) is 0 Å². The van der Waals surface area contributed by atoms with Crippen LogP contribution in [0, 0.1) is 13.8 Å². The van der Waals surface area contributed by atoms with E-state index in [9.17, 15) is 0 Å². The maximum atomic E-state index is 5.37. The Morgan fingerprint density at radius 1 is 1.21 bits per heavy atom. The third kappa shape index (κ3) is 3.26. The lowest BCUT2D eigenvalue weighted by atomic mass is 10.3. The molecular weight excluding hydrogens is 260 g/mol. The minimum Gasteiger partial charge on any atom is -0.439 e. The van der Waals surface area contributed by atoms with Gasteiger partial charge in [0.05, 0.1) is 5.69 Å². The van der Waals surface area contributed by atoms with E-state index in [-0.39, 0.29) is 0 Å². The van der Waals surface area contributed by atoms with Crippen molar-refractivity contribution in [2.75, 3.05) is 11.9 Å². The maximum Gasteiger partial charge on any atom is 0.262 e. The van der Waals surface area contributed by atoms with Gasteiger partial charge in [0.1, 0.15) is 22.9 Å². The predicted octanol–water partition coefficient (Wildman–Crippen LogP) is 3.23. The van der Waals surface area contributed by atoms with E-state index in [4.69, 9.17) is 4.42 Å². The molecule has 6 heteroatoms. The summed E-state index contributed by atoms with van der Waals surface area (Å²) in [5.74, 6) is 1.72. The van der Waals surface area contributed by atoms with Crippen molar-refractivity contribution in [3.05, 3.63) is 23.3 Å². The summed E-state index contributed by atoms with van der Waals surface area (Å²) in [6, 6.07) is 0. The van der Waals surface area contributed by atoms with Crippen molar-refractivity contribution in [3.8, 4) is 0 Å². The lowest BCUT2D eigenvalue weighted by Gasteiger charge is -2.11. The number of anilines is 1. The zero-order valence-electron chi connectivity index (χ0n) is 11.6. The normalized spacial score (nSPS) is 10.7. The highest BCUT2D eigenvalue weighted by atomic mass is 32.2. The maximum absolute atomic E-state index is 5.37. The second kappa shape index (κ2) is 6.06. The number of oxazole rings is 1. The van der Waals surface area contributed by atoms with Gasteiger partial charge in [-0.1, -0.05) is 6.92 Å². The topological polar surface area (TPSA) is 63.8 Å². The molecule has 0 saturated heterocycles. The zero-order valence-corrected chi connectivity index (χ0v) is 12.5. The third-order valence-electron chi connectivity index (χ3n) is 2.59. The summed E-state index contributed by atoms with van der Waals surface area (Å²) >= 11 is 1.44. The van der Waals surface area contributed by atoms with Crippen LogP contribution in [0.15, 0.2) is 20.9 Å². The highest BCUT2D eigenvalue weighted by Crippen LogP contribution is 2.30. The summed E-state index contributed by atoms with van der Waals surface area (Å²) in [4.78, 5) is 13.3. The highest BCUT2D eigenvalue weighted by molar-refractivity contribution is 7.99. The Bertz CT molecular complexity index is 568. The summed E-state index contributed by atoms with van der Waals surface area (Å²) in [5.41, 5.74) is 1.90. The van der Waals surface area contributed by atoms with Crippen LogP contribution in [0.25, 0.3) is 0 Å². The lowest BCUT2D eigenvalue weighted by Crippen LogP contribution is -2.07. The van der Waals surface area contributed by atoms with Gasteiger partial charge in [0.15, 0.2) is 0 Å². The average molecular weight is 278 g/mol. The number of hydrogen-bond donors (Lipinski definition) is 1. The Balaban J connectivity index is 2.35. The SMILES string of the molecule is CCNc1nc(CC)nc(Sc2nc(C)co2)c1C. The van der Waals surface area contributed by atoms with E-state index in [1.165, 1.54) is 11.8 Å². The molecule has 2 rings (SSSR count). The Hall–Kier alpha value is -1.56. The first-order valence-electron chi connectivity index (χ1n) is 6.35. The zero-order chi connectivity index (χ0) is 13.8. The van der Waals surface area contributed by atoms with Gasteiger partial charge in [-0.05, 0) is 32.5 Å². The van der Waals surface area contributed by atoms with Crippen LogP contribution in [0.4, 0.5) is 5.82 Å². The van der Waals surface area contributed by atoms with Gasteiger partial charge in [-0.15, -0.1) is 0 Å². The largest absolute Gasteiger partial charge is 0.439 e. The molecule has 0 amide bonds. The van der Waals surface area contributed by atoms with Crippen molar-refractivity contribution < 1.29 is 4.42 Å². The lowest BCUT2D eigenvalue weighted by molar-refractivity contribution is 0.453. The number of aryl methyl sites for hydroxylation is 2. The number of nitrogens with zero attached hydrogens (tertiary/aromatic N) is 3. The quantitative estimate of drug-likeness (QED) is 0.847. The van der Waals surface area contributed by atoms with Gasteiger partial charge < -0.3 is 9.73 Å². The summed E-state index contributed by atoms with van der Waals surface area (Å²) < 4.78 is 5.37. The Morgan fingerprint density at radius 2 is 2.00 bits per heavy atom. The van der Waals surface area contributed by atoms with Gasteiger partial charge in [0.25, 0.3) is 5.22 Å². The predicted molar refractivity (Wildman–Crippen MR) is 75.7 cm³/mol. The first-order valence-corrected chi connectivity index (χ1v) is 7.17. The summed E-state index contributed by atoms with van der Waals surface area (Å²) in [6.07, 6.45) is 2.45. The monoisotopic (exact) mass is 278 g/mol. The van der Waals surface area contributed by atoms with Gasteiger partial charge in [-0.25, -0.2) is 15.0 Å². The molecule has 0 bridgehead atoms. The third-order valence-corrected chi connectivity index (χ3v) is 3.54. The van der Waals surface area contributed by atoms with Crippen molar-refractivity contribution in [1.82, 2.24) is 15.0 Å². The molecule has 102 valence electrons. The number of aromatic nitrogens is 3. The van der Waals surface area contributed by atoms with Gasteiger partial charge >= 0.3 is 0 Å². The molecule has 0 aromatic carbocycles. The molecule has 0 fully saturated rings. The Morgan fingerprint density at radius 3 is 2.58 bits per heavy atom. The minimum absolute atomic E-state index is 0.615. The van der Waals surface area contributed by atoms with E-state index < -0.39 is 0 Å². The van der Waals surface area contributed by atoms with Crippen molar-refractivity contribution in [2.45, 2.75) is 44.4 Å². The first kappa shape index (κ1) is 13.9. The second-order valence-corrected chi connectivity index (χ2v) is 5.10. The van der Waals surface area contributed by atoms with Crippen LogP contribution in [0.5, 0.6) is 0 Å². The standard InChI is InChI=1S/C13H18N4OS/c1-5-10-16-11(14-6-2)9(4)12(17-10)19-13-15-8(3)7-18-13/h7H,5-6H2,1-4H3,(H,14,16,17). The molecule has 1 N–H and O–H groups in total. The van der Waals surface area contributed by atoms with E-state index >= 15 is 0 Å². The summed E-state index contributed by atoms with van der Waals surface area (Å²) in [7, 11) is 0. The second-order valence-electron chi connectivity index (χ2n) is 4.16. The van der Waals surface area contributed by atoms with Crippen LogP contribution < -0.4 is 5.32 Å². The van der Waals surface area contributed by atoms with E-state index in [0.717, 1.165) is 40.9 Å². The van der Waals surface area contributed by atoms with Crippen LogP contribution in [0.3, 0.4) is 0 Å². The molecule has 0 atom stereocenters. The molecule has 0 spiro atoms. The van der Waals surface area contributed by atoms with Crippen molar-refractivity contribution in [2.24, 2.45) is 0 Å². The fourth-order valence-electron chi connectivity index (χ4n) is 1.60. The van der Waals surface area contributed by atoms with Crippen LogP contribution >= 0.6 is 11.8 Å². The van der Waals surface area contributed by atoms with Crippen LogP contribution in [0.1, 0.15) is 30.9 Å².